The van der Waals surface area contributed by atoms with Gasteiger partial charge in [0.2, 0.25) is 5.91 Å². The molecule has 20 nitrogen and oxygen atoms in total. The summed E-state index contributed by atoms with van der Waals surface area (Å²) in [5.41, 5.74) is 18.7. The molecule has 2 radical (unpaired) electrons. The first-order valence-corrected chi connectivity index (χ1v) is 36.0. The molecule has 0 saturated carbocycles. The molecule has 2 fully saturated rings. The number of carboxylic acid groups (broad SMARTS) is 1. The van der Waals surface area contributed by atoms with Gasteiger partial charge >= 0.3 is 11.9 Å². The fourth-order valence-corrected chi connectivity index (χ4v) is 12.8. The number of aryl methyl sites for hydroxylation is 3. The molecule has 3 atom stereocenters. The zero-order chi connectivity index (χ0) is 77.3. The minimum atomic E-state index is -1.06. The van der Waals surface area contributed by atoms with Crippen molar-refractivity contribution < 1.29 is 74.3 Å². The van der Waals surface area contributed by atoms with Crippen molar-refractivity contribution in [1.82, 2.24) is 34.2 Å². The number of likely N-dealkylation sites (tertiary alicyclic amines) is 2. The zero-order valence-corrected chi connectivity index (χ0v) is 67.1. The molecule has 2 saturated heterocycles. The first-order chi connectivity index (χ1) is 51.4. The SMILES string of the molecule is COC(=O)[C@H](CC(=O)c1cc(Oc2ccccc2C)ccc1N)C(C)C.Cc1ccccc1Oc1ccc2ncn([C@@H](C(=O)NC3CCN(Cc4ccccc4)CC3)C(C)C)c(=O)c2c1.Cc1ccccc1Oc1ccc2ncn([C@@H](C(=O)O)C(C)C)c(=O)c2c1.NC1CCN(Cc2ccccc2)CC1.[3H][B].[U]. The van der Waals surface area contributed by atoms with Gasteiger partial charge in [0, 0.05) is 95.4 Å². The Bertz CT molecular complexity index is 4700. The number of carbonyl (C=O) groups excluding carboxylic acids is 3. The van der Waals surface area contributed by atoms with Crippen LogP contribution in [0.3, 0.4) is 0 Å². The Morgan fingerprint density at radius 2 is 0.944 bits per heavy atom. The molecular formula is C85H100BN9O11U. The zero-order valence-electron chi connectivity index (χ0n) is 63.9. The van der Waals surface area contributed by atoms with Crippen molar-refractivity contribution in [3.05, 3.63) is 255 Å². The summed E-state index contributed by atoms with van der Waals surface area (Å²) < 4.78 is 30.5. The van der Waals surface area contributed by atoms with Crippen molar-refractivity contribution in [2.75, 3.05) is 39.0 Å². The average Bonchev–Trinajstić information content (AvgIpc) is 0.786. The van der Waals surface area contributed by atoms with Gasteiger partial charge in [0.15, 0.2) is 5.78 Å². The number of hydrogen-bond acceptors (Lipinski definition) is 16. The summed E-state index contributed by atoms with van der Waals surface area (Å²) in [6.07, 6.45) is 6.90. The van der Waals surface area contributed by atoms with Gasteiger partial charge in [-0.15, -0.1) is 0 Å². The summed E-state index contributed by atoms with van der Waals surface area (Å²) in [4.78, 5) is 89.9. The molecule has 12 rings (SSSR count). The number of ether oxygens (including phenoxy) is 4. The maximum Gasteiger partial charge on any atom is 0.327 e. The number of amides is 1. The van der Waals surface area contributed by atoms with Gasteiger partial charge in [-0.1, -0.05) is 157 Å². The van der Waals surface area contributed by atoms with E-state index in [0.29, 0.717) is 67.8 Å². The molecule has 0 unspecified atom stereocenters. The number of nitrogens with two attached hydrogens (primary N) is 2. The molecule has 22 heteroatoms. The van der Waals surface area contributed by atoms with Gasteiger partial charge in [0.1, 0.15) is 46.6 Å². The van der Waals surface area contributed by atoms with E-state index in [0.717, 1.165) is 87.4 Å². The van der Waals surface area contributed by atoms with Crippen LogP contribution in [0.1, 0.15) is 124 Å². The van der Waals surface area contributed by atoms with E-state index in [1.54, 1.807) is 62.4 Å². The van der Waals surface area contributed by atoms with Crippen molar-refractivity contribution in [3.8, 4) is 34.5 Å². The number of aromatic nitrogens is 4. The van der Waals surface area contributed by atoms with E-state index in [9.17, 15) is 33.9 Å². The Morgan fingerprint density at radius 3 is 1.35 bits per heavy atom. The number of para-hydroxylation sites is 3. The number of rotatable bonds is 22. The molecule has 107 heavy (non-hydrogen) atoms. The van der Waals surface area contributed by atoms with E-state index in [1.807, 2.05) is 133 Å². The van der Waals surface area contributed by atoms with Crippen LogP contribution in [0.15, 0.2) is 210 Å². The van der Waals surface area contributed by atoms with Gasteiger partial charge < -0.3 is 40.8 Å². The predicted octanol–water partition coefficient (Wildman–Crippen LogP) is 14.6. The number of carboxylic acids is 1. The van der Waals surface area contributed by atoms with Crippen LogP contribution < -0.4 is 42.1 Å². The Morgan fingerprint density at radius 1 is 0.551 bits per heavy atom. The molecule has 558 valence electrons. The number of anilines is 1. The fourth-order valence-electron chi connectivity index (χ4n) is 12.8. The molecule has 6 N–H and O–H groups in total. The van der Waals surface area contributed by atoms with Crippen molar-refractivity contribution in [1.29, 1.82) is 1.34 Å². The second kappa shape index (κ2) is 40.9. The summed E-state index contributed by atoms with van der Waals surface area (Å²) >= 11 is 0. The number of nitrogen functional groups attached to an aromatic ring is 1. The standard InChI is InChI=1S/C32H36N4O3.C21H25NO4.C20H20N2O4.C12H18N2.BH.U/c1-22(2)30(31(37)34-25-15-17-35(18-16-25)20-24-10-5-4-6-11-24)36-21-33-28-14-13-26(19-27(28)32(36)38)39-29-12-8-7-9-23(29)3;1-13(2)16(21(24)25-4)12-19(23)17-11-15(9-10-18(17)22)26-20-8-6-5-7-14(20)3;1-12(2)18(20(24)25)22-11-21-16-9-8-14(10-15(16)19(22)23)26-17-7-5-4-6-13(17)3;13-12-6-8-14(9-7-12)10-11-4-2-1-3-5-11;;/h4-14,19,21-22,25,30H,15-18,20H2,1-3H3,(H,34,37);5-11,13,16H,12,22H2,1-4H3;4-12,18H,1-3H3,(H,24,25);1-5,12H,6-10,13H2;1H;/t30-;16-;18-;;;/m111.../s1/i;;;;1T;. The van der Waals surface area contributed by atoms with E-state index in [4.69, 9.17) is 31.8 Å². The van der Waals surface area contributed by atoms with E-state index in [1.165, 1.54) is 40.0 Å². The molecule has 0 spiro atoms. The van der Waals surface area contributed by atoms with Crippen LogP contribution in [-0.2, 0) is 32.2 Å². The molecule has 2 aliphatic rings. The smallest absolute Gasteiger partial charge is 0.327 e. The van der Waals surface area contributed by atoms with Gasteiger partial charge in [-0.05, 0) is 179 Å². The van der Waals surface area contributed by atoms with E-state index < -0.39 is 29.5 Å². The summed E-state index contributed by atoms with van der Waals surface area (Å²) in [5, 5.41) is 13.4. The molecule has 2 aromatic heterocycles. The third-order valence-electron chi connectivity index (χ3n) is 19.0. The number of aliphatic carboxylic acids is 1. The van der Waals surface area contributed by atoms with Crippen LogP contribution in [0.4, 0.5) is 5.69 Å². The van der Waals surface area contributed by atoms with E-state index in [2.05, 4.69) is 88.1 Å². The maximum atomic E-state index is 13.6. The summed E-state index contributed by atoms with van der Waals surface area (Å²) in [6, 6.07) is 58.3. The van der Waals surface area contributed by atoms with Gasteiger partial charge in [-0.3, -0.25) is 42.9 Å². The number of nitrogens with one attached hydrogen (secondary N) is 1. The van der Waals surface area contributed by atoms with Crippen LogP contribution in [0.2, 0.25) is 0 Å². The molecule has 0 aliphatic carbocycles. The van der Waals surface area contributed by atoms with E-state index >= 15 is 0 Å². The average molecular weight is 1670 g/mol. The number of nitrogens with zero attached hydrogens (tertiary/aromatic N) is 6. The first kappa shape index (κ1) is 83.0. The Kier molecular flexibility index (Phi) is 31.7. The third-order valence-corrected chi connectivity index (χ3v) is 19.0. The third kappa shape index (κ3) is 23.7. The minimum Gasteiger partial charge on any atom is -0.480 e. The Balaban J connectivity index is 0.000000208. The number of ketones is 1. The first-order valence-electron chi connectivity index (χ1n) is 36.6. The number of hydrogen-bond donors (Lipinski definition) is 4. The summed E-state index contributed by atoms with van der Waals surface area (Å²) in [6.45, 7) is 23.2. The second-order valence-electron chi connectivity index (χ2n) is 28.0. The van der Waals surface area contributed by atoms with Gasteiger partial charge in [-0.25, -0.2) is 14.8 Å². The number of methoxy groups -OCH3 is 1. The van der Waals surface area contributed by atoms with Crippen molar-refractivity contribution in [3.63, 3.8) is 0 Å². The molecule has 0 bridgehead atoms. The van der Waals surface area contributed by atoms with Crippen LogP contribution in [-0.4, -0.2) is 113 Å². The Hall–Kier alpha value is -9.68. The van der Waals surface area contributed by atoms with Crippen molar-refractivity contribution >= 4 is 59.5 Å². The van der Waals surface area contributed by atoms with Crippen molar-refractivity contribution in [2.45, 2.75) is 132 Å². The molecule has 2 aliphatic heterocycles. The van der Waals surface area contributed by atoms with Crippen LogP contribution in [0.25, 0.3) is 21.8 Å². The molecule has 1 amide bonds. The quantitative estimate of drug-likeness (QED) is 0.0213. The molecule has 4 heterocycles. The fraction of sp³-hybridized carbons (Fsp3) is 0.341. The van der Waals surface area contributed by atoms with Crippen molar-refractivity contribution in [2.24, 2.45) is 29.4 Å². The number of fused-ring (bicyclic) bond motifs is 2. The van der Waals surface area contributed by atoms with Crippen LogP contribution in [0, 0.1) is 75.6 Å². The number of esters is 1. The summed E-state index contributed by atoms with van der Waals surface area (Å²) in [7, 11) is 5.08. The molecule has 10 aromatic rings. The Labute approximate surface area is 654 Å². The van der Waals surface area contributed by atoms with Gasteiger partial charge in [-0.2, -0.15) is 0 Å². The number of Topliss-reactive ketones (excluding diaryl/α,β-unsaturated/α-hetero) is 1. The number of benzene rings is 8. The topological polar surface area (TPSA) is 266 Å². The van der Waals surface area contributed by atoms with Gasteiger partial charge in [0.05, 0.1) is 47.5 Å². The largest absolute Gasteiger partial charge is 0.480 e. The number of piperidine rings is 2. The predicted molar refractivity (Wildman–Crippen MR) is 420 cm³/mol. The normalized spacial score (nSPS) is 14.1. The van der Waals surface area contributed by atoms with Crippen LogP contribution >= 0.6 is 0 Å². The maximum absolute atomic E-state index is 13.6. The second-order valence-corrected chi connectivity index (χ2v) is 28.0. The van der Waals surface area contributed by atoms with Gasteiger partial charge in [0.25, 0.3) is 11.1 Å². The molecular weight excluding hydrogens is 1570 g/mol. The minimum absolute atomic E-state index is 0. The number of carbonyl (C=O) groups is 4. The molecule has 8 aromatic carbocycles. The van der Waals surface area contributed by atoms with E-state index in [-0.39, 0.29) is 84.5 Å². The van der Waals surface area contributed by atoms with Crippen LogP contribution in [0.5, 0.6) is 34.5 Å². The monoisotopic (exact) mass is 1670 g/mol. The summed E-state index contributed by atoms with van der Waals surface area (Å²) in [5.74, 6) is 1.06.